The summed E-state index contributed by atoms with van der Waals surface area (Å²) >= 11 is 0. The van der Waals surface area contributed by atoms with Crippen molar-refractivity contribution < 1.29 is 0 Å². The molecular weight excluding hydrogens is 138 g/mol. The molecule has 11 heavy (non-hydrogen) atoms. The summed E-state index contributed by atoms with van der Waals surface area (Å²) in [5, 5.41) is 12.2. The Morgan fingerprint density at radius 2 is 2.55 bits per heavy atom. The van der Waals surface area contributed by atoms with Crippen LogP contribution in [0.15, 0.2) is 12.3 Å². The summed E-state index contributed by atoms with van der Waals surface area (Å²) in [6.07, 6.45) is 2.08. The lowest BCUT2D eigenvalue weighted by Crippen LogP contribution is -1.87. The highest BCUT2D eigenvalue weighted by Gasteiger charge is 1.87. The van der Waals surface area contributed by atoms with Crippen molar-refractivity contribution >= 4 is 0 Å². The van der Waals surface area contributed by atoms with Crippen molar-refractivity contribution in [2.45, 2.75) is 6.42 Å². The van der Waals surface area contributed by atoms with E-state index in [4.69, 9.17) is 5.26 Å². The number of aryl methyl sites for hydroxylation is 1. The van der Waals surface area contributed by atoms with Crippen LogP contribution < -0.4 is 0 Å². The lowest BCUT2D eigenvalue weighted by Gasteiger charge is -1.80. The Bertz CT molecular complexity index is 332. The molecule has 0 aliphatic heterocycles. The third-order valence-corrected chi connectivity index (χ3v) is 1.10. The summed E-state index contributed by atoms with van der Waals surface area (Å²) < 4.78 is 1.68. The number of hydrogen-bond donors (Lipinski definition) is 0. The molecule has 3 heteroatoms. The molecule has 3 nitrogen and oxygen atoms in total. The standard InChI is InChI=1S/C8H7N3/c1-11-7-5-8(10-11)4-2-3-6-9/h5,7H,3H2,1H3. The van der Waals surface area contributed by atoms with Crippen molar-refractivity contribution in [3.63, 3.8) is 0 Å². The van der Waals surface area contributed by atoms with Crippen LogP contribution in [0.4, 0.5) is 0 Å². The lowest BCUT2D eigenvalue weighted by molar-refractivity contribution is 0.764. The summed E-state index contributed by atoms with van der Waals surface area (Å²) in [5.41, 5.74) is 0.711. The van der Waals surface area contributed by atoms with Gasteiger partial charge >= 0.3 is 0 Å². The van der Waals surface area contributed by atoms with Gasteiger partial charge in [0, 0.05) is 13.2 Å². The zero-order chi connectivity index (χ0) is 8.10. The minimum Gasteiger partial charge on any atom is -0.275 e. The van der Waals surface area contributed by atoms with Gasteiger partial charge in [-0.25, -0.2) is 0 Å². The van der Waals surface area contributed by atoms with Crippen LogP contribution in [0.5, 0.6) is 0 Å². The summed E-state index contributed by atoms with van der Waals surface area (Å²) in [4.78, 5) is 0. The van der Waals surface area contributed by atoms with Gasteiger partial charge in [0.1, 0.15) is 5.69 Å². The van der Waals surface area contributed by atoms with E-state index in [2.05, 4.69) is 16.9 Å². The predicted molar refractivity (Wildman–Crippen MR) is 40.3 cm³/mol. The van der Waals surface area contributed by atoms with E-state index in [-0.39, 0.29) is 6.42 Å². The summed E-state index contributed by atoms with van der Waals surface area (Å²) in [7, 11) is 1.83. The maximum Gasteiger partial charge on any atom is 0.135 e. The molecule has 54 valence electrons. The first-order chi connectivity index (χ1) is 5.33. The Balaban J connectivity index is 2.68. The van der Waals surface area contributed by atoms with E-state index in [0.29, 0.717) is 5.69 Å². The van der Waals surface area contributed by atoms with Gasteiger partial charge in [-0.2, -0.15) is 10.4 Å². The predicted octanol–water partition coefficient (Wildman–Crippen LogP) is 0.685. The number of nitrogens with zero attached hydrogens (tertiary/aromatic N) is 3. The van der Waals surface area contributed by atoms with Crippen molar-refractivity contribution in [2.75, 3.05) is 0 Å². The number of hydrogen-bond acceptors (Lipinski definition) is 2. The van der Waals surface area contributed by atoms with Crippen LogP contribution in [0.25, 0.3) is 0 Å². The summed E-state index contributed by atoms with van der Waals surface area (Å²) in [6.45, 7) is 0. The van der Waals surface area contributed by atoms with Gasteiger partial charge < -0.3 is 0 Å². The number of aromatic nitrogens is 2. The highest BCUT2D eigenvalue weighted by Crippen LogP contribution is 1.89. The molecule has 0 aliphatic carbocycles. The average Bonchev–Trinajstić information content (AvgIpc) is 2.37. The van der Waals surface area contributed by atoms with Gasteiger partial charge in [0.05, 0.1) is 12.5 Å². The van der Waals surface area contributed by atoms with Gasteiger partial charge in [-0.1, -0.05) is 5.92 Å². The molecule has 0 radical (unpaired) electrons. The smallest absolute Gasteiger partial charge is 0.135 e. The SMILES string of the molecule is Cn1ccc(C#CCC#N)n1. The molecule has 1 aromatic heterocycles. The molecule has 0 N–H and O–H groups in total. The first kappa shape index (κ1) is 7.37. The fourth-order valence-corrected chi connectivity index (χ4v) is 0.656. The molecule has 0 aliphatic rings. The van der Waals surface area contributed by atoms with E-state index >= 15 is 0 Å². The van der Waals surface area contributed by atoms with Gasteiger partial charge in [-0.3, -0.25) is 4.68 Å². The lowest BCUT2D eigenvalue weighted by atomic mass is 10.4. The Kier molecular flexibility index (Phi) is 2.30. The average molecular weight is 145 g/mol. The van der Waals surface area contributed by atoms with Crippen molar-refractivity contribution in [3.05, 3.63) is 18.0 Å². The van der Waals surface area contributed by atoms with Crippen LogP contribution in [0.2, 0.25) is 0 Å². The first-order valence-corrected chi connectivity index (χ1v) is 3.18. The maximum atomic E-state index is 8.17. The minimum atomic E-state index is 0.260. The molecule has 0 unspecified atom stereocenters. The highest BCUT2D eigenvalue weighted by atomic mass is 15.2. The molecule has 0 bridgehead atoms. The molecule has 0 saturated carbocycles. The Morgan fingerprint density at radius 1 is 1.73 bits per heavy atom. The van der Waals surface area contributed by atoms with E-state index in [1.165, 1.54) is 0 Å². The molecule has 0 atom stereocenters. The van der Waals surface area contributed by atoms with E-state index < -0.39 is 0 Å². The number of nitriles is 1. The van der Waals surface area contributed by atoms with Gasteiger partial charge in [0.15, 0.2) is 0 Å². The van der Waals surface area contributed by atoms with Crippen LogP contribution in [0, 0.1) is 23.2 Å². The van der Waals surface area contributed by atoms with Crippen molar-refractivity contribution in [3.8, 4) is 17.9 Å². The molecule has 0 aromatic carbocycles. The second-order valence-corrected chi connectivity index (χ2v) is 2.01. The number of rotatable bonds is 0. The van der Waals surface area contributed by atoms with Crippen LogP contribution in [0.3, 0.4) is 0 Å². The maximum absolute atomic E-state index is 8.17. The summed E-state index contributed by atoms with van der Waals surface area (Å²) in [5.74, 6) is 5.44. The molecule has 0 fully saturated rings. The first-order valence-electron chi connectivity index (χ1n) is 3.18. The van der Waals surface area contributed by atoms with Crippen molar-refractivity contribution in [1.82, 2.24) is 9.78 Å². The van der Waals surface area contributed by atoms with E-state index in [9.17, 15) is 0 Å². The zero-order valence-electron chi connectivity index (χ0n) is 6.20. The highest BCUT2D eigenvalue weighted by molar-refractivity contribution is 5.26. The largest absolute Gasteiger partial charge is 0.275 e. The van der Waals surface area contributed by atoms with Gasteiger partial charge in [0.2, 0.25) is 0 Å². The molecule has 1 heterocycles. The normalized spacial score (nSPS) is 8.00. The molecule has 1 aromatic rings. The second kappa shape index (κ2) is 3.43. The monoisotopic (exact) mass is 145 g/mol. The van der Waals surface area contributed by atoms with Crippen molar-refractivity contribution in [2.24, 2.45) is 7.05 Å². The Hall–Kier alpha value is -1.74. The quantitative estimate of drug-likeness (QED) is 0.504. The fourth-order valence-electron chi connectivity index (χ4n) is 0.656. The molecular formula is C8H7N3. The zero-order valence-corrected chi connectivity index (χ0v) is 6.20. The molecule has 0 spiro atoms. The van der Waals surface area contributed by atoms with Crippen LogP contribution in [0.1, 0.15) is 12.1 Å². The van der Waals surface area contributed by atoms with Crippen LogP contribution >= 0.6 is 0 Å². The van der Waals surface area contributed by atoms with Crippen molar-refractivity contribution in [1.29, 1.82) is 5.26 Å². The Labute approximate surface area is 65.3 Å². The van der Waals surface area contributed by atoms with Gasteiger partial charge in [0.25, 0.3) is 0 Å². The van der Waals surface area contributed by atoms with E-state index in [1.807, 2.05) is 25.4 Å². The molecule has 1 rings (SSSR count). The minimum absolute atomic E-state index is 0.260. The van der Waals surface area contributed by atoms with Crippen LogP contribution in [-0.2, 0) is 7.05 Å². The van der Waals surface area contributed by atoms with E-state index in [0.717, 1.165) is 0 Å². The second-order valence-electron chi connectivity index (χ2n) is 2.01. The van der Waals surface area contributed by atoms with Crippen LogP contribution in [-0.4, -0.2) is 9.78 Å². The third-order valence-electron chi connectivity index (χ3n) is 1.10. The summed E-state index contributed by atoms with van der Waals surface area (Å²) in [6, 6.07) is 3.75. The van der Waals surface area contributed by atoms with E-state index in [1.54, 1.807) is 4.68 Å². The van der Waals surface area contributed by atoms with Gasteiger partial charge in [-0.15, -0.1) is 0 Å². The third kappa shape index (κ3) is 2.15. The Morgan fingerprint density at radius 3 is 3.09 bits per heavy atom. The topological polar surface area (TPSA) is 41.6 Å². The molecule has 0 amide bonds. The van der Waals surface area contributed by atoms with Gasteiger partial charge in [-0.05, 0) is 12.0 Å². The molecule has 0 saturated heterocycles. The fraction of sp³-hybridized carbons (Fsp3) is 0.250.